The Labute approximate surface area is 160 Å². The van der Waals surface area contributed by atoms with Gasteiger partial charge in [-0.1, -0.05) is 25.1 Å². The average molecular weight is 366 g/mol. The largest absolute Gasteiger partial charge is 0.484 e. The summed E-state index contributed by atoms with van der Waals surface area (Å²) in [6, 6.07) is 17.3. The molecule has 27 heavy (non-hydrogen) atoms. The zero-order chi connectivity index (χ0) is 19.1. The van der Waals surface area contributed by atoms with Crippen LogP contribution in [0.2, 0.25) is 0 Å². The lowest BCUT2D eigenvalue weighted by Crippen LogP contribution is -2.34. The molecule has 1 saturated heterocycles. The van der Waals surface area contributed by atoms with Gasteiger partial charge in [0.1, 0.15) is 5.75 Å². The van der Waals surface area contributed by atoms with Crippen LogP contribution < -0.4 is 15.0 Å². The van der Waals surface area contributed by atoms with E-state index >= 15 is 0 Å². The fraction of sp³-hybridized carbons (Fsp3) is 0.364. The van der Waals surface area contributed by atoms with Gasteiger partial charge in [-0.05, 0) is 48.7 Å². The second-order valence-electron chi connectivity index (χ2n) is 6.83. The van der Waals surface area contributed by atoms with Crippen LogP contribution in [-0.4, -0.2) is 37.9 Å². The van der Waals surface area contributed by atoms with Gasteiger partial charge in [-0.15, -0.1) is 0 Å². The number of nitrogens with zero attached hydrogens (tertiary/aromatic N) is 1. The minimum absolute atomic E-state index is 0.0177. The Kier molecular flexibility index (Phi) is 6.47. The molecule has 0 aliphatic carbocycles. The first-order chi connectivity index (χ1) is 13.2. The molecule has 2 aromatic rings. The van der Waals surface area contributed by atoms with Gasteiger partial charge in [-0.25, -0.2) is 0 Å². The zero-order valence-electron chi connectivity index (χ0n) is 15.7. The summed E-state index contributed by atoms with van der Waals surface area (Å²) in [6.45, 7) is 4.45. The molecule has 5 nitrogen and oxygen atoms in total. The number of nitrogens with one attached hydrogen (secondary N) is 1. The molecule has 0 bridgehead atoms. The van der Waals surface area contributed by atoms with Gasteiger partial charge in [0.2, 0.25) is 0 Å². The van der Waals surface area contributed by atoms with Gasteiger partial charge in [-0.2, -0.15) is 0 Å². The number of anilines is 1. The van der Waals surface area contributed by atoms with Gasteiger partial charge < -0.3 is 15.0 Å². The predicted octanol–water partition coefficient (Wildman–Crippen LogP) is 3.30. The molecule has 1 N–H and O–H groups in total. The maximum Gasteiger partial charge on any atom is 0.257 e. The van der Waals surface area contributed by atoms with Crippen molar-refractivity contribution in [2.24, 2.45) is 5.92 Å². The van der Waals surface area contributed by atoms with Gasteiger partial charge in [0, 0.05) is 37.3 Å². The topological polar surface area (TPSA) is 58.6 Å². The van der Waals surface area contributed by atoms with Crippen LogP contribution in [0.25, 0.3) is 0 Å². The summed E-state index contributed by atoms with van der Waals surface area (Å²) < 4.78 is 5.51. The highest BCUT2D eigenvalue weighted by Gasteiger charge is 2.22. The standard InChI is InChI=1S/C22H26N2O3/c1-2-21(25)18-8-10-20(11-9-18)27-16-22(26)23-14-17-12-13-24(15-17)19-6-4-3-5-7-19/h3-11,17H,2,12-16H2,1H3,(H,23,26). The van der Waals surface area contributed by atoms with Crippen LogP contribution in [0, 0.1) is 5.92 Å². The third-order valence-corrected chi connectivity index (χ3v) is 4.86. The number of hydrogen-bond acceptors (Lipinski definition) is 4. The van der Waals surface area contributed by atoms with Gasteiger partial charge >= 0.3 is 0 Å². The summed E-state index contributed by atoms with van der Waals surface area (Å²) in [6.07, 6.45) is 1.55. The third-order valence-electron chi connectivity index (χ3n) is 4.86. The number of hydrogen-bond donors (Lipinski definition) is 1. The van der Waals surface area contributed by atoms with Crippen molar-refractivity contribution in [3.8, 4) is 5.75 Å². The molecule has 1 amide bonds. The second-order valence-corrected chi connectivity index (χ2v) is 6.83. The summed E-state index contributed by atoms with van der Waals surface area (Å²) in [7, 11) is 0. The quantitative estimate of drug-likeness (QED) is 0.728. The monoisotopic (exact) mass is 366 g/mol. The van der Waals surface area contributed by atoms with E-state index in [1.54, 1.807) is 24.3 Å². The molecule has 2 aromatic carbocycles. The molecular formula is C22H26N2O3. The number of carbonyl (C=O) groups is 2. The normalized spacial score (nSPS) is 16.2. The summed E-state index contributed by atoms with van der Waals surface area (Å²) in [5.74, 6) is 1.02. The molecule has 1 atom stereocenters. The molecule has 3 rings (SSSR count). The Balaban J connectivity index is 1.38. The zero-order valence-corrected chi connectivity index (χ0v) is 15.7. The minimum Gasteiger partial charge on any atom is -0.484 e. The van der Waals surface area contributed by atoms with Crippen molar-refractivity contribution in [2.45, 2.75) is 19.8 Å². The van der Waals surface area contributed by atoms with E-state index in [1.807, 2.05) is 25.1 Å². The molecule has 1 fully saturated rings. The SMILES string of the molecule is CCC(=O)c1ccc(OCC(=O)NCC2CCN(c3ccccc3)C2)cc1. The highest BCUT2D eigenvalue weighted by molar-refractivity contribution is 5.95. The minimum atomic E-state index is -0.123. The van der Waals surface area contributed by atoms with Gasteiger partial charge in [0.05, 0.1) is 0 Å². The predicted molar refractivity (Wildman–Crippen MR) is 106 cm³/mol. The number of ketones is 1. The first-order valence-corrected chi connectivity index (χ1v) is 9.48. The highest BCUT2D eigenvalue weighted by Crippen LogP contribution is 2.22. The van der Waals surface area contributed by atoms with Crippen molar-refractivity contribution < 1.29 is 14.3 Å². The number of para-hydroxylation sites is 1. The Morgan fingerprint density at radius 2 is 1.85 bits per heavy atom. The molecule has 1 unspecified atom stereocenters. The van der Waals surface area contributed by atoms with E-state index in [9.17, 15) is 9.59 Å². The molecule has 1 heterocycles. The van der Waals surface area contributed by atoms with Crippen molar-refractivity contribution >= 4 is 17.4 Å². The molecular weight excluding hydrogens is 340 g/mol. The van der Waals surface area contributed by atoms with E-state index in [0.717, 1.165) is 19.5 Å². The molecule has 1 aliphatic heterocycles. The van der Waals surface area contributed by atoms with Crippen molar-refractivity contribution in [1.29, 1.82) is 0 Å². The van der Waals surface area contributed by atoms with Crippen molar-refractivity contribution in [2.75, 3.05) is 31.1 Å². The molecule has 0 spiro atoms. The van der Waals surface area contributed by atoms with Gasteiger partial charge in [0.25, 0.3) is 5.91 Å². The summed E-state index contributed by atoms with van der Waals surface area (Å²) in [4.78, 5) is 26.0. The van der Waals surface area contributed by atoms with Gasteiger partial charge in [-0.3, -0.25) is 9.59 Å². The fourth-order valence-electron chi connectivity index (χ4n) is 3.27. The number of rotatable bonds is 8. The summed E-state index contributed by atoms with van der Waals surface area (Å²) in [5, 5.41) is 2.96. The van der Waals surface area contributed by atoms with E-state index < -0.39 is 0 Å². The van der Waals surface area contributed by atoms with Crippen LogP contribution in [0.5, 0.6) is 5.75 Å². The lowest BCUT2D eigenvalue weighted by molar-refractivity contribution is -0.123. The van der Waals surface area contributed by atoms with Crippen LogP contribution in [0.1, 0.15) is 30.1 Å². The Bertz CT molecular complexity index is 759. The van der Waals surface area contributed by atoms with Crippen molar-refractivity contribution in [1.82, 2.24) is 5.32 Å². The van der Waals surface area contributed by atoms with Crippen molar-refractivity contribution in [3.05, 3.63) is 60.2 Å². The Hall–Kier alpha value is -2.82. The van der Waals surface area contributed by atoms with Gasteiger partial charge in [0.15, 0.2) is 12.4 Å². The average Bonchev–Trinajstić information content (AvgIpc) is 3.20. The van der Waals surface area contributed by atoms with Crippen LogP contribution in [-0.2, 0) is 4.79 Å². The summed E-state index contributed by atoms with van der Waals surface area (Å²) in [5.41, 5.74) is 1.90. The molecule has 5 heteroatoms. The maximum absolute atomic E-state index is 12.0. The number of Topliss-reactive ketones (excluding diaryl/α,β-unsaturated/α-hetero) is 1. The van der Waals surface area contributed by atoms with E-state index in [4.69, 9.17) is 4.74 Å². The van der Waals surface area contributed by atoms with E-state index in [1.165, 1.54) is 5.69 Å². The molecule has 0 saturated carbocycles. The van der Waals surface area contributed by atoms with Crippen LogP contribution in [0.4, 0.5) is 5.69 Å². The van der Waals surface area contributed by atoms with Crippen LogP contribution >= 0.6 is 0 Å². The molecule has 0 radical (unpaired) electrons. The fourth-order valence-corrected chi connectivity index (χ4v) is 3.27. The number of carbonyl (C=O) groups excluding carboxylic acids is 2. The van der Waals surface area contributed by atoms with E-state index in [2.05, 4.69) is 22.3 Å². The van der Waals surface area contributed by atoms with E-state index in [0.29, 0.717) is 30.2 Å². The lowest BCUT2D eigenvalue weighted by atomic mass is 10.1. The Morgan fingerprint density at radius 1 is 1.11 bits per heavy atom. The van der Waals surface area contributed by atoms with E-state index in [-0.39, 0.29) is 18.3 Å². The molecule has 1 aliphatic rings. The van der Waals surface area contributed by atoms with Crippen molar-refractivity contribution in [3.63, 3.8) is 0 Å². The Morgan fingerprint density at radius 3 is 2.56 bits per heavy atom. The number of ether oxygens (including phenoxy) is 1. The third kappa shape index (κ3) is 5.33. The lowest BCUT2D eigenvalue weighted by Gasteiger charge is -2.18. The number of benzene rings is 2. The maximum atomic E-state index is 12.0. The first-order valence-electron chi connectivity index (χ1n) is 9.48. The second kappa shape index (κ2) is 9.21. The molecule has 142 valence electrons. The smallest absolute Gasteiger partial charge is 0.257 e. The summed E-state index contributed by atoms with van der Waals surface area (Å²) >= 11 is 0. The first kappa shape index (κ1) is 19.0. The number of amides is 1. The van der Waals surface area contributed by atoms with Crippen LogP contribution in [0.3, 0.4) is 0 Å². The van der Waals surface area contributed by atoms with Crippen LogP contribution in [0.15, 0.2) is 54.6 Å². The molecule has 0 aromatic heterocycles. The highest BCUT2D eigenvalue weighted by atomic mass is 16.5.